The van der Waals surface area contributed by atoms with E-state index in [1.54, 1.807) is 18.3 Å². The van der Waals surface area contributed by atoms with Crippen LogP contribution in [0.3, 0.4) is 0 Å². The first kappa shape index (κ1) is 11.0. The molecule has 1 aromatic carbocycles. The lowest BCUT2D eigenvalue weighted by Crippen LogP contribution is -2.13. The van der Waals surface area contributed by atoms with Crippen molar-refractivity contribution in [2.24, 2.45) is 0 Å². The summed E-state index contributed by atoms with van der Waals surface area (Å²) in [6.07, 6.45) is 3.73. The first-order valence-corrected chi connectivity index (χ1v) is 5.89. The number of halogens is 1. The molecule has 1 aromatic heterocycles. The highest BCUT2D eigenvalue weighted by Crippen LogP contribution is 2.22. The molecule has 3 rings (SSSR count). The number of Topliss-reactive ketones (excluding diaryl/α,β-unsaturated/α-hetero) is 1. The molecule has 0 spiro atoms. The summed E-state index contributed by atoms with van der Waals surface area (Å²) in [5.74, 6) is 0.259. The zero-order valence-corrected chi connectivity index (χ0v) is 9.69. The molecule has 1 heterocycles. The van der Waals surface area contributed by atoms with Crippen molar-refractivity contribution in [1.82, 2.24) is 9.97 Å². The van der Waals surface area contributed by atoms with Crippen molar-refractivity contribution in [3.8, 4) is 11.4 Å². The van der Waals surface area contributed by atoms with Gasteiger partial charge in [-0.2, -0.15) is 0 Å². The average molecular weight is 242 g/mol. The smallest absolute Gasteiger partial charge is 0.166 e. The number of carbonyl (C=O) groups is 1. The van der Waals surface area contributed by atoms with Crippen molar-refractivity contribution in [2.75, 3.05) is 0 Å². The molecule has 0 radical (unpaired) electrons. The van der Waals surface area contributed by atoms with Crippen molar-refractivity contribution in [3.05, 3.63) is 47.5 Å². The van der Waals surface area contributed by atoms with Gasteiger partial charge in [0, 0.05) is 18.2 Å². The van der Waals surface area contributed by atoms with Gasteiger partial charge in [0.15, 0.2) is 11.6 Å². The van der Waals surface area contributed by atoms with Gasteiger partial charge >= 0.3 is 0 Å². The SMILES string of the molecule is O=C1CCCc2nc(-c3cccc(F)c3)ncc21. The summed E-state index contributed by atoms with van der Waals surface area (Å²) in [4.78, 5) is 20.2. The third-order valence-corrected chi connectivity index (χ3v) is 3.07. The maximum Gasteiger partial charge on any atom is 0.166 e. The van der Waals surface area contributed by atoms with Gasteiger partial charge in [0.2, 0.25) is 0 Å². The largest absolute Gasteiger partial charge is 0.294 e. The second kappa shape index (κ2) is 4.29. The second-order valence-corrected chi connectivity index (χ2v) is 4.34. The van der Waals surface area contributed by atoms with Gasteiger partial charge in [-0.25, -0.2) is 14.4 Å². The summed E-state index contributed by atoms with van der Waals surface area (Å²) < 4.78 is 13.1. The van der Waals surface area contributed by atoms with Crippen LogP contribution < -0.4 is 0 Å². The Kier molecular flexibility index (Phi) is 2.63. The lowest BCUT2D eigenvalue weighted by Gasteiger charge is -2.13. The molecule has 2 aromatic rings. The Labute approximate surface area is 104 Å². The zero-order chi connectivity index (χ0) is 12.5. The van der Waals surface area contributed by atoms with Gasteiger partial charge in [0.1, 0.15) is 5.82 Å². The predicted molar refractivity (Wildman–Crippen MR) is 64.7 cm³/mol. The van der Waals surface area contributed by atoms with Gasteiger partial charge in [0.25, 0.3) is 0 Å². The van der Waals surface area contributed by atoms with Crippen LogP contribution in [0.2, 0.25) is 0 Å². The van der Waals surface area contributed by atoms with Gasteiger partial charge in [-0.3, -0.25) is 4.79 Å². The maximum absolute atomic E-state index is 13.1. The number of hydrogen-bond donors (Lipinski definition) is 0. The average Bonchev–Trinajstić information content (AvgIpc) is 2.39. The number of benzene rings is 1. The fraction of sp³-hybridized carbons (Fsp3) is 0.214. The Morgan fingerprint density at radius 3 is 2.94 bits per heavy atom. The van der Waals surface area contributed by atoms with Crippen LogP contribution in [0.1, 0.15) is 28.9 Å². The van der Waals surface area contributed by atoms with Crippen molar-refractivity contribution < 1.29 is 9.18 Å². The van der Waals surface area contributed by atoms with Crippen LogP contribution in [0.4, 0.5) is 4.39 Å². The van der Waals surface area contributed by atoms with E-state index in [1.807, 2.05) is 0 Å². The molecule has 4 heteroatoms. The van der Waals surface area contributed by atoms with E-state index in [1.165, 1.54) is 12.1 Å². The molecule has 0 unspecified atom stereocenters. The number of hydrogen-bond acceptors (Lipinski definition) is 3. The normalized spacial score (nSPS) is 14.4. The third kappa shape index (κ3) is 1.90. The van der Waals surface area contributed by atoms with Crippen LogP contribution >= 0.6 is 0 Å². The van der Waals surface area contributed by atoms with Crippen molar-refractivity contribution in [1.29, 1.82) is 0 Å². The standard InChI is InChI=1S/C14H11FN2O/c15-10-4-1-3-9(7-10)14-16-8-11-12(17-14)5-2-6-13(11)18/h1,3-4,7-8H,2,5-6H2. The molecule has 1 aliphatic carbocycles. The Morgan fingerprint density at radius 1 is 1.22 bits per heavy atom. The highest BCUT2D eigenvalue weighted by atomic mass is 19.1. The summed E-state index contributed by atoms with van der Waals surface area (Å²) in [7, 11) is 0. The number of carbonyl (C=O) groups excluding carboxylic acids is 1. The van der Waals surface area contributed by atoms with Crippen LogP contribution in [-0.4, -0.2) is 15.8 Å². The molecule has 0 fully saturated rings. The molecule has 0 saturated heterocycles. The summed E-state index contributed by atoms with van der Waals surface area (Å²) in [6.45, 7) is 0. The monoisotopic (exact) mass is 242 g/mol. The maximum atomic E-state index is 13.1. The van der Waals surface area contributed by atoms with Gasteiger partial charge < -0.3 is 0 Å². The molecule has 0 aliphatic heterocycles. The van der Waals surface area contributed by atoms with Crippen LogP contribution in [-0.2, 0) is 6.42 Å². The highest BCUT2D eigenvalue weighted by Gasteiger charge is 2.19. The molecule has 1 aliphatic rings. The van der Waals surface area contributed by atoms with Crippen molar-refractivity contribution in [3.63, 3.8) is 0 Å². The summed E-state index contributed by atoms with van der Waals surface area (Å²) in [5.41, 5.74) is 2.03. The van der Waals surface area contributed by atoms with Crippen LogP contribution in [0.25, 0.3) is 11.4 Å². The number of aryl methyl sites for hydroxylation is 1. The topological polar surface area (TPSA) is 42.9 Å². The van der Waals surface area contributed by atoms with Crippen molar-refractivity contribution >= 4 is 5.78 Å². The molecule has 0 N–H and O–H groups in total. The number of nitrogens with zero attached hydrogens (tertiary/aromatic N) is 2. The van der Waals surface area contributed by atoms with E-state index in [-0.39, 0.29) is 11.6 Å². The Bertz CT molecular complexity index is 625. The Balaban J connectivity index is 2.07. The first-order valence-electron chi connectivity index (χ1n) is 5.89. The minimum atomic E-state index is -0.315. The third-order valence-electron chi connectivity index (χ3n) is 3.07. The molecular weight excluding hydrogens is 231 g/mol. The molecule has 0 bridgehead atoms. The fourth-order valence-corrected chi connectivity index (χ4v) is 2.16. The minimum absolute atomic E-state index is 0.0991. The van der Waals surface area contributed by atoms with E-state index >= 15 is 0 Å². The number of aromatic nitrogens is 2. The molecule has 0 atom stereocenters. The van der Waals surface area contributed by atoms with Crippen LogP contribution in [0, 0.1) is 5.82 Å². The summed E-state index contributed by atoms with van der Waals surface area (Å²) in [5, 5.41) is 0. The van der Waals surface area contributed by atoms with E-state index in [0.29, 0.717) is 23.4 Å². The summed E-state index contributed by atoms with van der Waals surface area (Å²) >= 11 is 0. The molecular formula is C14H11FN2O. The zero-order valence-electron chi connectivity index (χ0n) is 9.69. The molecule has 0 amide bonds. The highest BCUT2D eigenvalue weighted by molar-refractivity contribution is 5.97. The predicted octanol–water partition coefficient (Wildman–Crippen LogP) is 2.80. The number of fused-ring (bicyclic) bond motifs is 1. The lowest BCUT2D eigenvalue weighted by atomic mass is 9.96. The van der Waals surface area contributed by atoms with E-state index in [2.05, 4.69) is 9.97 Å². The van der Waals surface area contributed by atoms with E-state index in [9.17, 15) is 9.18 Å². The van der Waals surface area contributed by atoms with Gasteiger partial charge in [-0.15, -0.1) is 0 Å². The first-order chi connectivity index (χ1) is 8.74. The van der Waals surface area contributed by atoms with E-state index < -0.39 is 0 Å². The quantitative estimate of drug-likeness (QED) is 0.772. The fourth-order valence-electron chi connectivity index (χ4n) is 2.16. The van der Waals surface area contributed by atoms with E-state index in [4.69, 9.17) is 0 Å². The van der Waals surface area contributed by atoms with Gasteiger partial charge in [0.05, 0.1) is 11.3 Å². The number of rotatable bonds is 1. The van der Waals surface area contributed by atoms with Crippen molar-refractivity contribution in [2.45, 2.75) is 19.3 Å². The molecule has 0 saturated carbocycles. The minimum Gasteiger partial charge on any atom is -0.294 e. The molecule has 3 nitrogen and oxygen atoms in total. The lowest BCUT2D eigenvalue weighted by molar-refractivity contribution is 0.0971. The number of ketones is 1. The van der Waals surface area contributed by atoms with E-state index in [0.717, 1.165) is 18.5 Å². The van der Waals surface area contributed by atoms with Crippen LogP contribution in [0.15, 0.2) is 30.5 Å². The van der Waals surface area contributed by atoms with Crippen LogP contribution in [0.5, 0.6) is 0 Å². The van der Waals surface area contributed by atoms with Gasteiger partial charge in [-0.1, -0.05) is 12.1 Å². The van der Waals surface area contributed by atoms with Gasteiger partial charge in [-0.05, 0) is 25.0 Å². The second-order valence-electron chi connectivity index (χ2n) is 4.34. The Morgan fingerprint density at radius 2 is 2.11 bits per heavy atom. The Hall–Kier alpha value is -2.10. The molecule has 18 heavy (non-hydrogen) atoms. The molecule has 90 valence electrons. The summed E-state index contributed by atoms with van der Waals surface area (Å²) in [6, 6.07) is 6.16.